The summed E-state index contributed by atoms with van der Waals surface area (Å²) in [5, 5.41) is 2.57. The van der Waals surface area contributed by atoms with E-state index in [2.05, 4.69) is 15.0 Å². The highest BCUT2D eigenvalue weighted by Gasteiger charge is 2.31. The van der Waals surface area contributed by atoms with Gasteiger partial charge in [-0.25, -0.2) is 9.78 Å². The number of imidazole rings is 1. The van der Waals surface area contributed by atoms with Crippen LogP contribution in [0.1, 0.15) is 26.6 Å². The molecule has 1 heterocycles. The van der Waals surface area contributed by atoms with E-state index < -0.39 is 17.6 Å². The Kier molecular flexibility index (Phi) is 4.69. The van der Waals surface area contributed by atoms with E-state index in [1.807, 2.05) is 32.4 Å². The van der Waals surface area contributed by atoms with Crippen LogP contribution < -0.4 is 5.32 Å². The zero-order chi connectivity index (χ0) is 14.6. The number of aryl methyl sites for hydroxylation is 1. The number of hydrogen-bond acceptors (Lipinski definition) is 4. The molecule has 0 saturated carbocycles. The molecule has 19 heavy (non-hydrogen) atoms. The van der Waals surface area contributed by atoms with Gasteiger partial charge in [0.25, 0.3) is 0 Å². The van der Waals surface area contributed by atoms with Crippen LogP contribution in [0.4, 0.5) is 4.79 Å². The molecule has 1 N–H and O–H groups in total. The molecule has 0 spiro atoms. The third kappa shape index (κ3) is 4.08. The number of methoxy groups -OCH3 is 1. The van der Waals surface area contributed by atoms with E-state index in [-0.39, 0.29) is 5.78 Å². The van der Waals surface area contributed by atoms with Gasteiger partial charge in [0, 0.05) is 31.3 Å². The summed E-state index contributed by atoms with van der Waals surface area (Å²) in [6.45, 7) is 5.46. The van der Waals surface area contributed by atoms with Crippen LogP contribution in [-0.2, 0) is 23.0 Å². The quantitative estimate of drug-likeness (QED) is 0.892. The Bertz CT molecular complexity index is 460. The highest BCUT2D eigenvalue weighted by Crippen LogP contribution is 2.18. The van der Waals surface area contributed by atoms with Crippen molar-refractivity contribution in [2.24, 2.45) is 12.5 Å². The summed E-state index contributed by atoms with van der Waals surface area (Å²) in [7, 11) is 3.12. The van der Waals surface area contributed by atoms with E-state index in [0.29, 0.717) is 6.42 Å². The van der Waals surface area contributed by atoms with Gasteiger partial charge in [0.2, 0.25) is 0 Å². The number of carbonyl (C=O) groups excluding carboxylic acids is 2. The molecule has 0 bridgehead atoms. The van der Waals surface area contributed by atoms with Gasteiger partial charge in [-0.3, -0.25) is 4.79 Å². The normalized spacial score (nSPS) is 12.9. The number of alkyl carbamates (subject to hydrolysis) is 1. The van der Waals surface area contributed by atoms with Gasteiger partial charge in [-0.2, -0.15) is 0 Å². The lowest BCUT2D eigenvalue weighted by Gasteiger charge is -2.24. The first-order valence-corrected chi connectivity index (χ1v) is 6.10. The van der Waals surface area contributed by atoms with Gasteiger partial charge < -0.3 is 14.6 Å². The second-order valence-electron chi connectivity index (χ2n) is 5.46. The van der Waals surface area contributed by atoms with Crippen molar-refractivity contribution >= 4 is 11.9 Å². The number of carbonyl (C=O) groups is 2. The first kappa shape index (κ1) is 15.2. The number of Topliss-reactive ketones (excluding diaryl/α,β-unsaturated/α-hetero) is 1. The zero-order valence-electron chi connectivity index (χ0n) is 12.1. The summed E-state index contributed by atoms with van der Waals surface area (Å²) in [5.74, 6) is 0.680. The summed E-state index contributed by atoms with van der Waals surface area (Å²) in [6, 6.07) is -0.645. The van der Waals surface area contributed by atoms with Crippen molar-refractivity contribution in [2.75, 3.05) is 7.11 Å². The van der Waals surface area contributed by atoms with E-state index in [4.69, 9.17) is 0 Å². The SMILES string of the molecule is COC(=O)N[C@@H](Cc1nccn1C)C(=O)C(C)(C)C. The highest BCUT2D eigenvalue weighted by molar-refractivity contribution is 5.91. The largest absolute Gasteiger partial charge is 0.453 e. The smallest absolute Gasteiger partial charge is 0.407 e. The summed E-state index contributed by atoms with van der Waals surface area (Å²) in [5.41, 5.74) is -0.545. The summed E-state index contributed by atoms with van der Waals surface area (Å²) in [4.78, 5) is 27.9. The molecule has 0 aliphatic rings. The van der Waals surface area contributed by atoms with E-state index in [1.165, 1.54) is 7.11 Å². The van der Waals surface area contributed by atoms with E-state index in [0.717, 1.165) is 5.82 Å². The molecule has 1 rings (SSSR count). The Hall–Kier alpha value is -1.85. The number of ketones is 1. The topological polar surface area (TPSA) is 73.2 Å². The predicted molar refractivity (Wildman–Crippen MR) is 70.7 cm³/mol. The van der Waals surface area contributed by atoms with Gasteiger partial charge in [-0.1, -0.05) is 20.8 Å². The average Bonchev–Trinajstić information content (AvgIpc) is 2.71. The van der Waals surface area contributed by atoms with Gasteiger partial charge in [-0.15, -0.1) is 0 Å². The fourth-order valence-electron chi connectivity index (χ4n) is 1.71. The van der Waals surface area contributed by atoms with Crippen LogP contribution in [0.2, 0.25) is 0 Å². The van der Waals surface area contributed by atoms with Crippen molar-refractivity contribution in [1.82, 2.24) is 14.9 Å². The zero-order valence-corrected chi connectivity index (χ0v) is 12.1. The van der Waals surface area contributed by atoms with Crippen LogP contribution >= 0.6 is 0 Å². The first-order chi connectivity index (χ1) is 8.75. The Morgan fingerprint density at radius 1 is 1.47 bits per heavy atom. The Morgan fingerprint density at radius 3 is 2.53 bits per heavy atom. The first-order valence-electron chi connectivity index (χ1n) is 6.10. The summed E-state index contributed by atoms with van der Waals surface area (Å²) >= 11 is 0. The third-order valence-corrected chi connectivity index (χ3v) is 2.84. The standard InChI is InChI=1S/C13H21N3O3/c1-13(2,3)11(17)9(15-12(18)19-5)8-10-14-6-7-16(10)4/h6-7,9H,8H2,1-5H3,(H,15,18)/t9-/m0/s1. The lowest BCUT2D eigenvalue weighted by Crippen LogP contribution is -2.47. The molecule has 1 atom stereocenters. The van der Waals surface area contributed by atoms with Crippen LogP contribution in [0.15, 0.2) is 12.4 Å². The van der Waals surface area contributed by atoms with E-state index in [1.54, 1.807) is 12.4 Å². The molecule has 0 aromatic carbocycles. The minimum absolute atomic E-state index is 0.0547. The Morgan fingerprint density at radius 2 is 2.11 bits per heavy atom. The molecule has 0 aliphatic heterocycles. The van der Waals surface area contributed by atoms with Crippen LogP contribution in [0.5, 0.6) is 0 Å². The van der Waals surface area contributed by atoms with Crippen molar-refractivity contribution < 1.29 is 14.3 Å². The number of nitrogens with one attached hydrogen (secondary N) is 1. The van der Waals surface area contributed by atoms with Crippen LogP contribution in [-0.4, -0.2) is 34.6 Å². The minimum Gasteiger partial charge on any atom is -0.453 e. The molecule has 0 aliphatic carbocycles. The predicted octanol–water partition coefficient (Wildman–Crippen LogP) is 1.30. The van der Waals surface area contributed by atoms with Crippen molar-refractivity contribution in [3.63, 3.8) is 0 Å². The van der Waals surface area contributed by atoms with Gasteiger partial charge in [0.05, 0.1) is 13.2 Å². The van der Waals surface area contributed by atoms with Gasteiger partial charge >= 0.3 is 6.09 Å². The van der Waals surface area contributed by atoms with Crippen LogP contribution in [0.3, 0.4) is 0 Å². The number of aromatic nitrogens is 2. The molecular weight excluding hydrogens is 246 g/mol. The number of hydrogen-bond donors (Lipinski definition) is 1. The number of amides is 1. The van der Waals surface area contributed by atoms with Crippen LogP contribution in [0, 0.1) is 5.41 Å². The number of ether oxygens (including phenoxy) is 1. The summed E-state index contributed by atoms with van der Waals surface area (Å²) in [6.07, 6.45) is 3.18. The second kappa shape index (κ2) is 5.86. The van der Waals surface area contributed by atoms with Crippen molar-refractivity contribution in [3.8, 4) is 0 Å². The van der Waals surface area contributed by atoms with E-state index in [9.17, 15) is 9.59 Å². The van der Waals surface area contributed by atoms with Gasteiger partial charge in [0.15, 0.2) is 5.78 Å². The maximum atomic E-state index is 12.3. The maximum Gasteiger partial charge on any atom is 0.407 e. The molecule has 1 aromatic rings. The number of rotatable bonds is 4. The lowest BCUT2D eigenvalue weighted by molar-refractivity contribution is -0.128. The molecule has 106 valence electrons. The van der Waals surface area contributed by atoms with Crippen molar-refractivity contribution in [2.45, 2.75) is 33.2 Å². The van der Waals surface area contributed by atoms with E-state index >= 15 is 0 Å². The third-order valence-electron chi connectivity index (χ3n) is 2.84. The van der Waals surface area contributed by atoms with Crippen molar-refractivity contribution in [3.05, 3.63) is 18.2 Å². The number of nitrogens with zero attached hydrogens (tertiary/aromatic N) is 2. The minimum atomic E-state index is -0.645. The molecule has 6 nitrogen and oxygen atoms in total. The Labute approximate surface area is 113 Å². The molecule has 1 aromatic heterocycles. The second-order valence-corrected chi connectivity index (χ2v) is 5.46. The molecule has 0 fully saturated rings. The van der Waals surface area contributed by atoms with Crippen LogP contribution in [0.25, 0.3) is 0 Å². The van der Waals surface area contributed by atoms with Gasteiger partial charge in [-0.05, 0) is 0 Å². The molecule has 0 radical (unpaired) electrons. The molecule has 0 unspecified atom stereocenters. The fourth-order valence-corrected chi connectivity index (χ4v) is 1.71. The molecule has 0 saturated heterocycles. The average molecular weight is 267 g/mol. The van der Waals surface area contributed by atoms with Crippen molar-refractivity contribution in [1.29, 1.82) is 0 Å². The Balaban J connectivity index is 2.90. The molecule has 6 heteroatoms. The summed E-state index contributed by atoms with van der Waals surface area (Å²) < 4.78 is 6.38. The lowest BCUT2D eigenvalue weighted by atomic mass is 9.85. The monoisotopic (exact) mass is 267 g/mol. The molecular formula is C13H21N3O3. The maximum absolute atomic E-state index is 12.3. The fraction of sp³-hybridized carbons (Fsp3) is 0.615. The highest BCUT2D eigenvalue weighted by atomic mass is 16.5. The molecule has 1 amide bonds. The van der Waals surface area contributed by atoms with Gasteiger partial charge in [0.1, 0.15) is 5.82 Å².